The third-order valence-electron chi connectivity index (χ3n) is 2.92. The van der Waals surface area contributed by atoms with E-state index in [2.05, 4.69) is 4.74 Å². The standard InChI is InChI=1S/C15H18F4O2/c1-14(2,3)11-6-4-10(5-7-11)12(20)8-21-9-15(18,19)13(16)17/h4-7,13H,8-9H2,1-3H3. The van der Waals surface area contributed by atoms with Crippen molar-refractivity contribution >= 4 is 5.78 Å². The molecule has 0 aromatic heterocycles. The van der Waals surface area contributed by atoms with Gasteiger partial charge < -0.3 is 4.74 Å². The van der Waals surface area contributed by atoms with Crippen LogP contribution in [0.2, 0.25) is 0 Å². The molecule has 0 bridgehead atoms. The summed E-state index contributed by atoms with van der Waals surface area (Å²) in [6, 6.07) is 6.66. The summed E-state index contributed by atoms with van der Waals surface area (Å²) in [4.78, 5) is 11.7. The van der Waals surface area contributed by atoms with Crippen LogP contribution in [0.25, 0.3) is 0 Å². The maximum Gasteiger partial charge on any atom is 0.330 e. The Morgan fingerprint density at radius 3 is 2.10 bits per heavy atom. The average Bonchev–Trinajstić information content (AvgIpc) is 2.37. The minimum absolute atomic E-state index is 0.0720. The van der Waals surface area contributed by atoms with E-state index >= 15 is 0 Å². The van der Waals surface area contributed by atoms with Gasteiger partial charge >= 0.3 is 12.3 Å². The lowest BCUT2D eigenvalue weighted by molar-refractivity contribution is -0.163. The quantitative estimate of drug-likeness (QED) is 0.584. The van der Waals surface area contributed by atoms with Crippen molar-refractivity contribution in [2.24, 2.45) is 0 Å². The molecular weight excluding hydrogens is 288 g/mol. The van der Waals surface area contributed by atoms with Crippen LogP contribution in [0.1, 0.15) is 36.7 Å². The van der Waals surface area contributed by atoms with Crippen molar-refractivity contribution in [3.8, 4) is 0 Å². The topological polar surface area (TPSA) is 26.3 Å². The Labute approximate surface area is 121 Å². The second kappa shape index (κ2) is 6.56. The van der Waals surface area contributed by atoms with Crippen LogP contribution in [-0.2, 0) is 10.2 Å². The van der Waals surface area contributed by atoms with Gasteiger partial charge in [0.15, 0.2) is 5.78 Å². The Morgan fingerprint density at radius 1 is 1.14 bits per heavy atom. The van der Waals surface area contributed by atoms with Gasteiger partial charge in [-0.05, 0) is 11.0 Å². The van der Waals surface area contributed by atoms with Gasteiger partial charge in [-0.1, -0.05) is 45.0 Å². The molecule has 1 rings (SSSR count). The van der Waals surface area contributed by atoms with E-state index < -0.39 is 31.3 Å². The Kier molecular flexibility index (Phi) is 5.50. The molecule has 0 radical (unpaired) electrons. The molecule has 0 atom stereocenters. The molecule has 1 aromatic carbocycles. The summed E-state index contributed by atoms with van der Waals surface area (Å²) in [5.41, 5.74) is 1.24. The van der Waals surface area contributed by atoms with Crippen molar-refractivity contribution in [2.75, 3.05) is 13.2 Å². The van der Waals surface area contributed by atoms with Gasteiger partial charge in [-0.2, -0.15) is 8.78 Å². The summed E-state index contributed by atoms with van der Waals surface area (Å²) in [6.07, 6.45) is -3.81. The molecule has 0 aliphatic rings. The fourth-order valence-corrected chi connectivity index (χ4v) is 1.58. The number of carbonyl (C=O) groups excluding carboxylic acids is 1. The average molecular weight is 306 g/mol. The van der Waals surface area contributed by atoms with Crippen molar-refractivity contribution in [3.05, 3.63) is 35.4 Å². The van der Waals surface area contributed by atoms with E-state index in [9.17, 15) is 22.4 Å². The van der Waals surface area contributed by atoms with Crippen molar-refractivity contribution in [2.45, 2.75) is 38.5 Å². The molecule has 0 aliphatic heterocycles. The van der Waals surface area contributed by atoms with Crippen LogP contribution in [-0.4, -0.2) is 31.3 Å². The Balaban J connectivity index is 2.57. The summed E-state index contributed by atoms with van der Waals surface area (Å²) in [5, 5.41) is 0. The maximum absolute atomic E-state index is 12.6. The van der Waals surface area contributed by atoms with Crippen LogP contribution in [0.15, 0.2) is 24.3 Å². The molecule has 0 saturated carbocycles. The smallest absolute Gasteiger partial charge is 0.330 e. The molecular formula is C15H18F4O2. The van der Waals surface area contributed by atoms with Crippen molar-refractivity contribution in [1.29, 1.82) is 0 Å². The second-order valence-electron chi connectivity index (χ2n) is 5.81. The maximum atomic E-state index is 12.6. The van der Waals surface area contributed by atoms with Gasteiger partial charge in [0, 0.05) is 5.56 Å². The summed E-state index contributed by atoms with van der Waals surface area (Å²) in [5.74, 6) is -4.77. The minimum Gasteiger partial charge on any atom is -0.367 e. The van der Waals surface area contributed by atoms with Gasteiger partial charge in [-0.15, -0.1) is 0 Å². The SMILES string of the molecule is CC(C)(C)c1ccc(C(=O)COCC(F)(F)C(F)F)cc1. The summed E-state index contributed by atoms with van der Waals surface area (Å²) < 4.78 is 53.4. The number of hydrogen-bond acceptors (Lipinski definition) is 2. The summed E-state index contributed by atoms with van der Waals surface area (Å²) in [7, 11) is 0. The number of Topliss-reactive ketones (excluding diaryl/α,β-unsaturated/α-hetero) is 1. The molecule has 0 spiro atoms. The number of alkyl halides is 4. The zero-order valence-corrected chi connectivity index (χ0v) is 12.1. The number of benzene rings is 1. The lowest BCUT2D eigenvalue weighted by atomic mass is 9.86. The lowest BCUT2D eigenvalue weighted by Gasteiger charge is -2.19. The predicted octanol–water partition coefficient (Wildman–Crippen LogP) is 4.08. The van der Waals surface area contributed by atoms with Crippen LogP contribution in [0.3, 0.4) is 0 Å². The molecule has 1 aromatic rings. The number of ketones is 1. The van der Waals surface area contributed by atoms with Gasteiger partial charge in [0.1, 0.15) is 13.2 Å². The first-order chi connectivity index (χ1) is 9.54. The molecule has 21 heavy (non-hydrogen) atoms. The van der Waals surface area contributed by atoms with E-state index in [1.165, 1.54) is 0 Å². The number of halogens is 4. The fraction of sp³-hybridized carbons (Fsp3) is 0.533. The van der Waals surface area contributed by atoms with Crippen LogP contribution in [0.4, 0.5) is 17.6 Å². The summed E-state index contributed by atoms with van der Waals surface area (Å²) in [6.45, 7) is 3.91. The summed E-state index contributed by atoms with van der Waals surface area (Å²) >= 11 is 0. The fourth-order valence-electron chi connectivity index (χ4n) is 1.58. The van der Waals surface area contributed by atoms with Crippen molar-refractivity contribution < 1.29 is 27.1 Å². The van der Waals surface area contributed by atoms with Gasteiger partial charge in [-0.3, -0.25) is 4.79 Å². The molecule has 0 saturated heterocycles. The molecule has 0 N–H and O–H groups in total. The normalized spacial score (nSPS) is 12.8. The highest BCUT2D eigenvalue weighted by atomic mass is 19.3. The third-order valence-corrected chi connectivity index (χ3v) is 2.92. The van der Waals surface area contributed by atoms with E-state index in [4.69, 9.17) is 0 Å². The van der Waals surface area contributed by atoms with Crippen molar-refractivity contribution in [1.82, 2.24) is 0 Å². The first-order valence-electron chi connectivity index (χ1n) is 6.41. The van der Waals surface area contributed by atoms with Gasteiger partial charge in [0.05, 0.1) is 0 Å². The molecule has 2 nitrogen and oxygen atoms in total. The van der Waals surface area contributed by atoms with E-state index in [1.54, 1.807) is 24.3 Å². The molecule has 0 heterocycles. The first-order valence-corrected chi connectivity index (χ1v) is 6.41. The van der Waals surface area contributed by atoms with Gasteiger partial charge in [0.2, 0.25) is 0 Å². The monoisotopic (exact) mass is 306 g/mol. The molecule has 118 valence electrons. The number of hydrogen-bond donors (Lipinski definition) is 0. The lowest BCUT2D eigenvalue weighted by Crippen LogP contribution is -2.33. The van der Waals surface area contributed by atoms with Crippen LogP contribution < -0.4 is 0 Å². The molecule has 0 unspecified atom stereocenters. The Bertz CT molecular complexity index is 475. The van der Waals surface area contributed by atoms with E-state index in [0.717, 1.165) is 5.56 Å². The highest BCUT2D eigenvalue weighted by molar-refractivity contribution is 5.97. The first kappa shape index (κ1) is 17.6. The van der Waals surface area contributed by atoms with Crippen LogP contribution in [0.5, 0.6) is 0 Å². The third kappa shape index (κ3) is 5.12. The Hall–Kier alpha value is -1.43. The van der Waals surface area contributed by atoms with Crippen LogP contribution >= 0.6 is 0 Å². The minimum atomic E-state index is -4.24. The van der Waals surface area contributed by atoms with Gasteiger partial charge in [-0.25, -0.2) is 8.78 Å². The highest BCUT2D eigenvalue weighted by Crippen LogP contribution is 2.24. The molecule has 0 fully saturated rings. The van der Waals surface area contributed by atoms with E-state index in [-0.39, 0.29) is 5.41 Å². The number of carbonyl (C=O) groups is 1. The van der Waals surface area contributed by atoms with Gasteiger partial charge in [0.25, 0.3) is 0 Å². The van der Waals surface area contributed by atoms with Crippen LogP contribution in [0, 0.1) is 0 Å². The largest absolute Gasteiger partial charge is 0.367 e. The zero-order chi connectivity index (χ0) is 16.3. The molecule has 0 aliphatic carbocycles. The van der Waals surface area contributed by atoms with E-state index in [1.807, 2.05) is 20.8 Å². The Morgan fingerprint density at radius 2 is 1.67 bits per heavy atom. The number of ether oxygens (including phenoxy) is 1. The van der Waals surface area contributed by atoms with E-state index in [0.29, 0.717) is 5.56 Å². The zero-order valence-electron chi connectivity index (χ0n) is 12.1. The molecule has 6 heteroatoms. The predicted molar refractivity (Wildman–Crippen MR) is 71.2 cm³/mol. The number of rotatable bonds is 6. The highest BCUT2D eigenvalue weighted by Gasteiger charge is 2.41. The van der Waals surface area contributed by atoms with Crippen molar-refractivity contribution in [3.63, 3.8) is 0 Å². The molecule has 0 amide bonds. The second-order valence-corrected chi connectivity index (χ2v) is 5.81.